The van der Waals surface area contributed by atoms with E-state index >= 15 is 0 Å². The first kappa shape index (κ1) is 14.4. The van der Waals surface area contributed by atoms with Gasteiger partial charge in [-0.15, -0.1) is 11.3 Å². The van der Waals surface area contributed by atoms with Crippen molar-refractivity contribution in [2.75, 3.05) is 0 Å². The summed E-state index contributed by atoms with van der Waals surface area (Å²) in [5.41, 5.74) is 0.960. The number of hydrogen-bond donors (Lipinski definition) is 1. The monoisotopic (exact) mass is 311 g/mol. The van der Waals surface area contributed by atoms with Crippen LogP contribution in [-0.4, -0.2) is 26.0 Å². The standard InChI is InChI=1S/C11H9N3O4S2/c1-6-4-12-9(3-8(6)14(17)18)20-11-13-7(5-19-11)2-10(15)16/h3-5H,2H2,1H3,(H,15,16). The van der Waals surface area contributed by atoms with Crippen molar-refractivity contribution in [3.05, 3.63) is 39.0 Å². The summed E-state index contributed by atoms with van der Waals surface area (Å²) in [7, 11) is 0. The van der Waals surface area contributed by atoms with Crippen LogP contribution in [0, 0.1) is 17.0 Å². The van der Waals surface area contributed by atoms with Gasteiger partial charge in [0, 0.05) is 23.2 Å². The van der Waals surface area contributed by atoms with E-state index in [1.807, 2.05) is 0 Å². The van der Waals surface area contributed by atoms with Crippen LogP contribution < -0.4 is 0 Å². The number of carboxylic acids is 1. The van der Waals surface area contributed by atoms with Crippen LogP contribution in [0.1, 0.15) is 11.3 Å². The maximum absolute atomic E-state index is 10.8. The third-order valence-electron chi connectivity index (χ3n) is 2.30. The van der Waals surface area contributed by atoms with Crippen LogP contribution in [0.3, 0.4) is 0 Å². The Hall–Kier alpha value is -2.00. The highest BCUT2D eigenvalue weighted by atomic mass is 32.2. The van der Waals surface area contributed by atoms with Crippen LogP contribution in [0.2, 0.25) is 0 Å². The number of aryl methyl sites for hydroxylation is 1. The molecule has 0 saturated carbocycles. The first-order valence-corrected chi connectivity index (χ1v) is 7.10. The fraction of sp³-hybridized carbons (Fsp3) is 0.182. The van der Waals surface area contributed by atoms with Gasteiger partial charge in [-0.1, -0.05) is 0 Å². The second-order valence-electron chi connectivity index (χ2n) is 3.84. The van der Waals surface area contributed by atoms with E-state index in [0.717, 1.165) is 0 Å². The summed E-state index contributed by atoms with van der Waals surface area (Å²) in [6.45, 7) is 1.62. The molecule has 0 aliphatic carbocycles. The average Bonchev–Trinajstić information content (AvgIpc) is 2.77. The van der Waals surface area contributed by atoms with Crippen molar-refractivity contribution in [2.45, 2.75) is 22.7 Å². The molecule has 104 valence electrons. The number of nitro groups is 1. The minimum atomic E-state index is -0.948. The summed E-state index contributed by atoms with van der Waals surface area (Å²) >= 11 is 2.46. The molecule has 0 spiro atoms. The Labute approximate surface area is 121 Å². The molecule has 2 aromatic heterocycles. The quantitative estimate of drug-likeness (QED) is 0.668. The van der Waals surface area contributed by atoms with E-state index in [-0.39, 0.29) is 12.1 Å². The molecule has 0 unspecified atom stereocenters. The van der Waals surface area contributed by atoms with Crippen LogP contribution in [0.15, 0.2) is 27.0 Å². The number of hydrogen-bond acceptors (Lipinski definition) is 7. The van der Waals surface area contributed by atoms with Gasteiger partial charge in [-0.25, -0.2) is 9.97 Å². The van der Waals surface area contributed by atoms with Crippen molar-refractivity contribution >= 4 is 34.8 Å². The van der Waals surface area contributed by atoms with E-state index < -0.39 is 10.9 Å². The molecule has 9 heteroatoms. The Morgan fingerprint density at radius 1 is 1.60 bits per heavy atom. The molecular weight excluding hydrogens is 302 g/mol. The minimum Gasteiger partial charge on any atom is -0.481 e. The molecule has 0 amide bonds. The second-order valence-corrected chi connectivity index (χ2v) is 5.97. The number of carboxylic acid groups (broad SMARTS) is 1. The summed E-state index contributed by atoms with van der Waals surface area (Å²) in [5, 5.41) is 21.6. The van der Waals surface area contributed by atoms with Gasteiger partial charge >= 0.3 is 5.97 Å². The summed E-state index contributed by atoms with van der Waals surface area (Å²) < 4.78 is 0.604. The number of pyridine rings is 1. The average molecular weight is 311 g/mol. The fourth-order valence-electron chi connectivity index (χ4n) is 1.41. The van der Waals surface area contributed by atoms with Crippen molar-refractivity contribution in [3.8, 4) is 0 Å². The highest BCUT2D eigenvalue weighted by Crippen LogP contribution is 2.31. The number of aromatic nitrogens is 2. The number of nitrogens with zero attached hydrogens (tertiary/aromatic N) is 3. The molecule has 20 heavy (non-hydrogen) atoms. The Kier molecular flexibility index (Phi) is 4.30. The second kappa shape index (κ2) is 5.97. The molecule has 0 fully saturated rings. The Morgan fingerprint density at radius 2 is 2.35 bits per heavy atom. The van der Waals surface area contributed by atoms with Gasteiger partial charge in [-0.05, 0) is 18.7 Å². The van der Waals surface area contributed by atoms with Gasteiger partial charge in [0.15, 0.2) is 4.34 Å². The molecule has 0 aliphatic heterocycles. The third-order valence-corrected chi connectivity index (χ3v) is 4.22. The molecule has 0 aromatic carbocycles. The molecule has 2 aromatic rings. The largest absolute Gasteiger partial charge is 0.481 e. The molecule has 0 atom stereocenters. The lowest BCUT2D eigenvalue weighted by atomic mass is 10.3. The highest BCUT2D eigenvalue weighted by molar-refractivity contribution is 8.01. The Bertz CT molecular complexity index is 671. The normalized spacial score (nSPS) is 10.4. The van der Waals surface area contributed by atoms with Gasteiger partial charge in [-0.3, -0.25) is 14.9 Å². The fourth-order valence-corrected chi connectivity index (χ4v) is 3.16. The first-order chi connectivity index (χ1) is 9.45. The van der Waals surface area contributed by atoms with E-state index in [1.54, 1.807) is 12.3 Å². The smallest absolute Gasteiger partial charge is 0.309 e. The molecule has 2 rings (SSSR count). The van der Waals surface area contributed by atoms with Gasteiger partial charge in [0.1, 0.15) is 5.03 Å². The number of aliphatic carboxylic acids is 1. The predicted molar refractivity (Wildman–Crippen MR) is 73.2 cm³/mol. The van der Waals surface area contributed by atoms with E-state index in [0.29, 0.717) is 20.6 Å². The van der Waals surface area contributed by atoms with Gasteiger partial charge < -0.3 is 5.11 Å². The van der Waals surface area contributed by atoms with Crippen molar-refractivity contribution in [2.24, 2.45) is 0 Å². The molecule has 7 nitrogen and oxygen atoms in total. The van der Waals surface area contributed by atoms with Crippen LogP contribution in [0.4, 0.5) is 5.69 Å². The molecule has 0 aliphatic rings. The van der Waals surface area contributed by atoms with E-state index in [1.165, 1.54) is 35.4 Å². The lowest BCUT2D eigenvalue weighted by Gasteiger charge is -1.99. The van der Waals surface area contributed by atoms with Gasteiger partial charge in [0.05, 0.1) is 17.0 Å². The van der Waals surface area contributed by atoms with Crippen LogP contribution >= 0.6 is 23.1 Å². The lowest BCUT2D eigenvalue weighted by Crippen LogP contribution is -1.99. The van der Waals surface area contributed by atoms with Gasteiger partial charge in [0.2, 0.25) is 0 Å². The number of thiazole rings is 1. The topological polar surface area (TPSA) is 106 Å². The maximum Gasteiger partial charge on any atom is 0.309 e. The van der Waals surface area contributed by atoms with E-state index in [4.69, 9.17) is 5.11 Å². The van der Waals surface area contributed by atoms with E-state index in [9.17, 15) is 14.9 Å². The van der Waals surface area contributed by atoms with E-state index in [2.05, 4.69) is 9.97 Å². The predicted octanol–water partition coefficient (Wildman–Crippen LogP) is 2.53. The molecular formula is C11H9N3O4S2. The molecule has 0 radical (unpaired) electrons. The highest BCUT2D eigenvalue weighted by Gasteiger charge is 2.14. The number of carbonyl (C=O) groups is 1. The first-order valence-electron chi connectivity index (χ1n) is 5.41. The van der Waals surface area contributed by atoms with Crippen molar-refractivity contribution < 1.29 is 14.8 Å². The van der Waals surface area contributed by atoms with Crippen LogP contribution in [-0.2, 0) is 11.2 Å². The van der Waals surface area contributed by atoms with Crippen LogP contribution in [0.25, 0.3) is 0 Å². The number of rotatable bonds is 5. The zero-order chi connectivity index (χ0) is 14.7. The summed E-state index contributed by atoms with van der Waals surface area (Å²) in [6.07, 6.45) is 1.30. The van der Waals surface area contributed by atoms with Gasteiger partial charge in [0.25, 0.3) is 5.69 Å². The summed E-state index contributed by atoms with van der Waals surface area (Å²) in [6, 6.07) is 1.39. The SMILES string of the molecule is Cc1cnc(Sc2nc(CC(=O)O)cs2)cc1[N+](=O)[O-]. The molecule has 2 heterocycles. The Morgan fingerprint density at radius 3 is 3.00 bits per heavy atom. The zero-order valence-corrected chi connectivity index (χ0v) is 11.9. The summed E-state index contributed by atoms with van der Waals surface area (Å²) in [5.74, 6) is -0.948. The lowest BCUT2D eigenvalue weighted by molar-refractivity contribution is -0.385. The maximum atomic E-state index is 10.8. The summed E-state index contributed by atoms with van der Waals surface area (Å²) in [4.78, 5) is 29.2. The molecule has 0 saturated heterocycles. The van der Waals surface area contributed by atoms with Crippen molar-refractivity contribution in [3.63, 3.8) is 0 Å². The van der Waals surface area contributed by atoms with Crippen LogP contribution in [0.5, 0.6) is 0 Å². The zero-order valence-electron chi connectivity index (χ0n) is 10.3. The molecule has 1 N–H and O–H groups in total. The molecule has 0 bridgehead atoms. The Balaban J connectivity index is 2.17. The third kappa shape index (κ3) is 3.52. The van der Waals surface area contributed by atoms with Crippen molar-refractivity contribution in [1.82, 2.24) is 9.97 Å². The van der Waals surface area contributed by atoms with Crippen molar-refractivity contribution in [1.29, 1.82) is 0 Å². The minimum absolute atomic E-state index is 0.00446. The van der Waals surface area contributed by atoms with Gasteiger partial charge in [-0.2, -0.15) is 0 Å².